The summed E-state index contributed by atoms with van der Waals surface area (Å²) in [5, 5.41) is 8.77. The Hall–Kier alpha value is -2.73. The van der Waals surface area contributed by atoms with Crippen molar-refractivity contribution in [2.45, 2.75) is 11.5 Å². The molecule has 0 spiro atoms. The van der Waals surface area contributed by atoms with E-state index in [2.05, 4.69) is 0 Å². The number of rotatable bonds is 5. The molecule has 7 nitrogen and oxygen atoms in total. The minimum absolute atomic E-state index is 0.0678. The highest BCUT2D eigenvalue weighted by atomic mass is 32.2. The number of carbonyl (C=O) groups is 1. The van der Waals surface area contributed by atoms with Gasteiger partial charge >= 0.3 is 5.97 Å². The van der Waals surface area contributed by atoms with Crippen molar-refractivity contribution in [3.05, 3.63) is 65.2 Å². The molecule has 0 aromatic heterocycles. The summed E-state index contributed by atoms with van der Waals surface area (Å²) in [5.74, 6) is -0.547. The van der Waals surface area contributed by atoms with Crippen molar-refractivity contribution >= 4 is 16.0 Å². The summed E-state index contributed by atoms with van der Waals surface area (Å²) in [6, 6.07) is 14.4. The summed E-state index contributed by atoms with van der Waals surface area (Å²) >= 11 is 0. The van der Waals surface area contributed by atoms with Crippen molar-refractivity contribution in [1.82, 2.24) is 4.31 Å². The Morgan fingerprint density at radius 1 is 1.07 bits per heavy atom. The first kappa shape index (κ1) is 19.0. The van der Waals surface area contributed by atoms with Crippen molar-refractivity contribution in [1.29, 1.82) is 5.26 Å². The van der Waals surface area contributed by atoms with Gasteiger partial charge in [0.05, 0.1) is 35.3 Å². The third kappa shape index (κ3) is 4.52. The molecule has 1 saturated heterocycles. The maximum atomic E-state index is 12.6. The van der Waals surface area contributed by atoms with Gasteiger partial charge in [-0.15, -0.1) is 0 Å². The van der Waals surface area contributed by atoms with Crippen molar-refractivity contribution in [3.8, 4) is 6.07 Å². The van der Waals surface area contributed by atoms with Gasteiger partial charge in [-0.2, -0.15) is 9.57 Å². The van der Waals surface area contributed by atoms with Crippen molar-refractivity contribution in [2.24, 2.45) is 0 Å². The molecule has 0 aliphatic carbocycles. The smallest absolute Gasteiger partial charge is 0.338 e. The van der Waals surface area contributed by atoms with Gasteiger partial charge in [-0.25, -0.2) is 13.2 Å². The molecule has 27 heavy (non-hydrogen) atoms. The van der Waals surface area contributed by atoms with E-state index < -0.39 is 16.0 Å². The maximum absolute atomic E-state index is 12.6. The Morgan fingerprint density at radius 2 is 1.70 bits per heavy atom. The highest BCUT2D eigenvalue weighted by molar-refractivity contribution is 7.89. The average Bonchev–Trinajstić information content (AvgIpc) is 2.73. The molecule has 140 valence electrons. The van der Waals surface area contributed by atoms with E-state index in [9.17, 15) is 13.2 Å². The van der Waals surface area contributed by atoms with Crippen LogP contribution in [0.1, 0.15) is 21.5 Å². The van der Waals surface area contributed by atoms with Crippen molar-refractivity contribution in [3.63, 3.8) is 0 Å². The zero-order valence-corrected chi connectivity index (χ0v) is 15.3. The Morgan fingerprint density at radius 3 is 2.30 bits per heavy atom. The van der Waals surface area contributed by atoms with Crippen LogP contribution in [-0.4, -0.2) is 45.0 Å². The van der Waals surface area contributed by atoms with Gasteiger partial charge in [-0.3, -0.25) is 0 Å². The molecule has 0 unspecified atom stereocenters. The van der Waals surface area contributed by atoms with Crippen LogP contribution < -0.4 is 0 Å². The van der Waals surface area contributed by atoms with E-state index in [4.69, 9.17) is 14.7 Å². The number of morpholine rings is 1. The second-order valence-electron chi connectivity index (χ2n) is 5.93. The number of hydrogen-bond donors (Lipinski definition) is 0. The van der Waals surface area contributed by atoms with Crippen LogP contribution in [0.3, 0.4) is 0 Å². The van der Waals surface area contributed by atoms with Gasteiger partial charge < -0.3 is 9.47 Å². The molecule has 0 atom stereocenters. The van der Waals surface area contributed by atoms with E-state index in [0.717, 1.165) is 5.56 Å². The fourth-order valence-corrected chi connectivity index (χ4v) is 4.01. The molecule has 0 radical (unpaired) electrons. The summed E-state index contributed by atoms with van der Waals surface area (Å²) in [6.07, 6.45) is 0. The number of hydrogen-bond acceptors (Lipinski definition) is 6. The number of carbonyl (C=O) groups excluding carboxylic acids is 1. The lowest BCUT2D eigenvalue weighted by Crippen LogP contribution is -2.40. The summed E-state index contributed by atoms with van der Waals surface area (Å²) in [5.41, 5.74) is 1.56. The Bertz CT molecular complexity index is 941. The molecule has 3 rings (SSSR count). The van der Waals surface area contributed by atoms with Crippen molar-refractivity contribution < 1.29 is 22.7 Å². The molecule has 8 heteroatoms. The summed E-state index contributed by atoms with van der Waals surface area (Å²) in [6.45, 7) is 1.45. The maximum Gasteiger partial charge on any atom is 0.338 e. The second-order valence-corrected chi connectivity index (χ2v) is 7.86. The first-order valence-corrected chi connectivity index (χ1v) is 9.79. The van der Waals surface area contributed by atoms with Gasteiger partial charge in [0.1, 0.15) is 6.61 Å². The molecule has 2 aromatic rings. The lowest BCUT2D eigenvalue weighted by molar-refractivity contribution is 0.0472. The zero-order chi connectivity index (χ0) is 19.3. The van der Waals surface area contributed by atoms with Crippen LogP contribution in [0.4, 0.5) is 0 Å². The number of esters is 1. The molecule has 0 N–H and O–H groups in total. The lowest BCUT2D eigenvalue weighted by Gasteiger charge is -2.26. The van der Waals surface area contributed by atoms with Crippen LogP contribution in [0.5, 0.6) is 0 Å². The monoisotopic (exact) mass is 386 g/mol. The van der Waals surface area contributed by atoms with E-state index in [1.165, 1.54) is 28.6 Å². The van der Waals surface area contributed by atoms with E-state index in [1.807, 2.05) is 6.07 Å². The fraction of sp³-hybridized carbons (Fsp3) is 0.263. The predicted octanol–water partition coefficient (Wildman–Crippen LogP) is 1.94. The van der Waals surface area contributed by atoms with Crippen molar-refractivity contribution in [2.75, 3.05) is 26.3 Å². The number of nitrogens with zero attached hydrogens (tertiary/aromatic N) is 2. The molecule has 1 fully saturated rings. The third-order valence-corrected chi connectivity index (χ3v) is 6.06. The third-order valence-electron chi connectivity index (χ3n) is 4.15. The standard InChI is InChI=1S/C19H18N2O5S/c20-13-15-1-3-16(4-2-15)14-26-19(22)17-5-7-18(8-6-17)27(23,24)21-9-11-25-12-10-21/h1-8H,9-12,14H2. The normalized spacial score (nSPS) is 15.1. The lowest BCUT2D eigenvalue weighted by atomic mass is 10.1. The van der Waals surface area contributed by atoms with Gasteiger partial charge in [-0.05, 0) is 42.0 Å². The molecule has 2 aromatic carbocycles. The quantitative estimate of drug-likeness (QED) is 0.729. The van der Waals surface area contributed by atoms with Gasteiger partial charge in [-0.1, -0.05) is 12.1 Å². The highest BCUT2D eigenvalue weighted by Crippen LogP contribution is 2.18. The highest BCUT2D eigenvalue weighted by Gasteiger charge is 2.26. The summed E-state index contributed by atoms with van der Waals surface area (Å²) < 4.78 is 36.9. The molecule has 1 aliphatic rings. The van der Waals surface area contributed by atoms with Crippen LogP contribution in [0.25, 0.3) is 0 Å². The van der Waals surface area contributed by atoms with E-state index in [1.54, 1.807) is 24.3 Å². The van der Waals surface area contributed by atoms with Gasteiger partial charge in [0.2, 0.25) is 10.0 Å². The number of sulfonamides is 1. The zero-order valence-electron chi connectivity index (χ0n) is 14.5. The molecule has 0 bridgehead atoms. The topological polar surface area (TPSA) is 96.7 Å². The minimum Gasteiger partial charge on any atom is -0.457 e. The SMILES string of the molecule is N#Cc1ccc(COC(=O)c2ccc(S(=O)(=O)N3CCOCC3)cc2)cc1. The molecule has 0 saturated carbocycles. The Labute approximate surface area is 157 Å². The van der Waals surface area contributed by atoms with Gasteiger partial charge in [0.15, 0.2) is 0 Å². The fourth-order valence-electron chi connectivity index (χ4n) is 2.61. The number of nitriles is 1. The average molecular weight is 386 g/mol. The molecular formula is C19H18N2O5S. The molecule has 1 heterocycles. The number of ether oxygens (including phenoxy) is 2. The molecular weight excluding hydrogens is 368 g/mol. The van der Waals surface area contributed by atoms with E-state index in [0.29, 0.717) is 31.9 Å². The van der Waals surface area contributed by atoms with Crippen LogP contribution in [0.15, 0.2) is 53.4 Å². The Kier molecular flexibility index (Phi) is 5.86. The predicted molar refractivity (Wildman–Crippen MR) is 96.3 cm³/mol. The van der Waals surface area contributed by atoms with Crippen LogP contribution in [-0.2, 0) is 26.1 Å². The van der Waals surface area contributed by atoms with Crippen LogP contribution >= 0.6 is 0 Å². The van der Waals surface area contributed by atoms with E-state index >= 15 is 0 Å². The molecule has 1 aliphatic heterocycles. The van der Waals surface area contributed by atoms with Crippen LogP contribution in [0.2, 0.25) is 0 Å². The van der Waals surface area contributed by atoms with Crippen LogP contribution in [0, 0.1) is 11.3 Å². The Balaban J connectivity index is 1.63. The van der Waals surface area contributed by atoms with E-state index in [-0.39, 0.29) is 17.1 Å². The first-order chi connectivity index (χ1) is 13.0. The van der Waals surface area contributed by atoms with Gasteiger partial charge in [0, 0.05) is 13.1 Å². The summed E-state index contributed by atoms with van der Waals surface area (Å²) in [7, 11) is -3.59. The molecule has 0 amide bonds. The largest absolute Gasteiger partial charge is 0.457 e. The second kappa shape index (κ2) is 8.31. The minimum atomic E-state index is -3.59. The summed E-state index contributed by atoms with van der Waals surface area (Å²) in [4.78, 5) is 12.3. The van der Waals surface area contributed by atoms with Gasteiger partial charge in [0.25, 0.3) is 0 Å². The first-order valence-electron chi connectivity index (χ1n) is 8.35. The number of benzene rings is 2.